The highest BCUT2D eigenvalue weighted by Crippen LogP contribution is 2.34. The van der Waals surface area contributed by atoms with Crippen LogP contribution in [0.2, 0.25) is 0 Å². The maximum atomic E-state index is 11.3. The summed E-state index contributed by atoms with van der Waals surface area (Å²) in [6.45, 7) is 0. The largest absolute Gasteiger partial charge is 0.546 e. The normalized spacial score (nSPS) is 15.5. The molecule has 0 aliphatic heterocycles. The average Bonchev–Trinajstić information content (AvgIpc) is 2.47. The van der Waals surface area contributed by atoms with Gasteiger partial charge in [-0.05, 0) is 11.1 Å². The third-order valence-electron chi connectivity index (χ3n) is 3.04. The monoisotopic (exact) mass is 257 g/mol. The smallest absolute Gasteiger partial charge is 0.159 e. The van der Waals surface area contributed by atoms with Gasteiger partial charge in [-0.15, -0.1) is 0 Å². The van der Waals surface area contributed by atoms with Gasteiger partial charge in [0.2, 0.25) is 0 Å². The van der Waals surface area contributed by atoms with Crippen molar-refractivity contribution in [2.75, 3.05) is 0 Å². The maximum absolute atomic E-state index is 11.3. The standard InChI is InChI=1S/C15H14O4/c16-13(11-7-3-1-4-8-11)15(19,14(17)18)12-9-5-2-6-10-12/h1-10,13,16,19H,(H,17,18)/p-1/t13-,15+/m0/s1. The van der Waals surface area contributed by atoms with Gasteiger partial charge in [0.15, 0.2) is 5.60 Å². The zero-order valence-corrected chi connectivity index (χ0v) is 10.1. The van der Waals surface area contributed by atoms with E-state index in [9.17, 15) is 20.1 Å². The minimum absolute atomic E-state index is 0.0753. The van der Waals surface area contributed by atoms with Crippen molar-refractivity contribution in [1.29, 1.82) is 0 Å². The Bertz CT molecular complexity index is 553. The lowest BCUT2D eigenvalue weighted by Crippen LogP contribution is -2.50. The van der Waals surface area contributed by atoms with Gasteiger partial charge in [0.1, 0.15) is 6.10 Å². The molecular weight excluding hydrogens is 244 g/mol. The topological polar surface area (TPSA) is 80.6 Å². The number of rotatable bonds is 4. The van der Waals surface area contributed by atoms with E-state index >= 15 is 0 Å². The number of carbonyl (C=O) groups excluding carboxylic acids is 1. The fourth-order valence-corrected chi connectivity index (χ4v) is 1.96. The van der Waals surface area contributed by atoms with Crippen molar-refractivity contribution in [3.63, 3.8) is 0 Å². The van der Waals surface area contributed by atoms with Crippen LogP contribution in [0.25, 0.3) is 0 Å². The van der Waals surface area contributed by atoms with Crippen molar-refractivity contribution >= 4 is 5.97 Å². The van der Waals surface area contributed by atoms with Crippen molar-refractivity contribution < 1.29 is 20.1 Å². The quantitative estimate of drug-likeness (QED) is 0.828. The summed E-state index contributed by atoms with van der Waals surface area (Å²) in [5.74, 6) is -1.74. The van der Waals surface area contributed by atoms with E-state index in [0.29, 0.717) is 5.56 Å². The van der Waals surface area contributed by atoms with Crippen molar-refractivity contribution in [3.8, 4) is 0 Å². The molecule has 2 aromatic carbocycles. The number of carboxylic acid groups (broad SMARTS) is 1. The number of carbonyl (C=O) groups is 1. The van der Waals surface area contributed by atoms with E-state index in [0.717, 1.165) is 0 Å². The van der Waals surface area contributed by atoms with Crippen LogP contribution >= 0.6 is 0 Å². The van der Waals surface area contributed by atoms with Gasteiger partial charge in [0.25, 0.3) is 0 Å². The van der Waals surface area contributed by atoms with Gasteiger partial charge < -0.3 is 20.1 Å². The molecule has 0 heterocycles. The van der Waals surface area contributed by atoms with E-state index < -0.39 is 17.7 Å². The molecule has 2 aromatic rings. The lowest BCUT2D eigenvalue weighted by atomic mass is 9.84. The molecule has 0 fully saturated rings. The highest BCUT2D eigenvalue weighted by molar-refractivity contribution is 5.78. The predicted octanol–water partition coefficient (Wildman–Crippen LogP) is 0.358. The second-order valence-corrected chi connectivity index (χ2v) is 4.23. The van der Waals surface area contributed by atoms with E-state index in [1.807, 2.05) is 0 Å². The molecule has 2 N–H and O–H groups in total. The number of benzene rings is 2. The lowest BCUT2D eigenvalue weighted by molar-refractivity contribution is -0.332. The Morgan fingerprint density at radius 3 is 1.95 bits per heavy atom. The van der Waals surface area contributed by atoms with E-state index in [2.05, 4.69) is 0 Å². The summed E-state index contributed by atoms with van der Waals surface area (Å²) in [6, 6.07) is 15.8. The summed E-state index contributed by atoms with van der Waals surface area (Å²) in [7, 11) is 0. The second kappa shape index (κ2) is 5.22. The Morgan fingerprint density at radius 2 is 1.47 bits per heavy atom. The molecule has 0 radical (unpaired) electrons. The van der Waals surface area contributed by atoms with Crippen LogP contribution in [0, 0.1) is 0 Å². The van der Waals surface area contributed by atoms with Gasteiger partial charge in [0, 0.05) is 0 Å². The van der Waals surface area contributed by atoms with Crippen LogP contribution in [-0.2, 0) is 10.4 Å². The van der Waals surface area contributed by atoms with Gasteiger partial charge in [-0.25, -0.2) is 0 Å². The summed E-state index contributed by atoms with van der Waals surface area (Å²) in [4.78, 5) is 11.3. The molecule has 0 spiro atoms. The van der Waals surface area contributed by atoms with Gasteiger partial charge >= 0.3 is 0 Å². The molecule has 0 aliphatic carbocycles. The Hall–Kier alpha value is -2.17. The van der Waals surface area contributed by atoms with E-state index in [4.69, 9.17) is 0 Å². The van der Waals surface area contributed by atoms with Crippen molar-refractivity contribution in [2.24, 2.45) is 0 Å². The lowest BCUT2D eigenvalue weighted by Gasteiger charge is -2.34. The Morgan fingerprint density at radius 1 is 1.00 bits per heavy atom. The predicted molar refractivity (Wildman–Crippen MR) is 66.7 cm³/mol. The van der Waals surface area contributed by atoms with E-state index in [1.54, 1.807) is 48.5 Å². The first kappa shape index (κ1) is 13.3. The minimum Gasteiger partial charge on any atom is -0.546 e. The summed E-state index contributed by atoms with van der Waals surface area (Å²) in [6.07, 6.45) is -1.61. The average molecular weight is 257 g/mol. The van der Waals surface area contributed by atoms with E-state index in [1.165, 1.54) is 12.1 Å². The Kier molecular flexibility index (Phi) is 3.64. The molecule has 0 unspecified atom stereocenters. The highest BCUT2D eigenvalue weighted by Gasteiger charge is 2.40. The molecule has 4 nitrogen and oxygen atoms in total. The molecule has 0 aromatic heterocycles. The molecule has 0 saturated heterocycles. The molecule has 0 saturated carbocycles. The summed E-state index contributed by atoms with van der Waals surface area (Å²) in [5.41, 5.74) is -2.10. The highest BCUT2D eigenvalue weighted by atomic mass is 16.4. The Balaban J connectivity index is 2.49. The van der Waals surface area contributed by atoms with Crippen molar-refractivity contribution in [1.82, 2.24) is 0 Å². The van der Waals surface area contributed by atoms with Crippen molar-refractivity contribution in [2.45, 2.75) is 11.7 Å². The third-order valence-corrected chi connectivity index (χ3v) is 3.04. The third kappa shape index (κ3) is 2.36. The first-order valence-corrected chi connectivity index (χ1v) is 5.79. The van der Waals surface area contributed by atoms with Crippen LogP contribution in [0.5, 0.6) is 0 Å². The number of hydrogen-bond donors (Lipinski definition) is 2. The first-order valence-electron chi connectivity index (χ1n) is 5.79. The van der Waals surface area contributed by atoms with Crippen LogP contribution < -0.4 is 5.11 Å². The minimum atomic E-state index is -2.48. The second-order valence-electron chi connectivity index (χ2n) is 4.23. The van der Waals surface area contributed by atoms with Crippen molar-refractivity contribution in [3.05, 3.63) is 71.8 Å². The summed E-state index contributed by atoms with van der Waals surface area (Å²) in [5, 5.41) is 31.9. The number of aliphatic carboxylic acids is 1. The van der Waals surface area contributed by atoms with E-state index in [-0.39, 0.29) is 5.56 Å². The molecule has 4 heteroatoms. The van der Waals surface area contributed by atoms with Crippen LogP contribution in [0.3, 0.4) is 0 Å². The molecule has 2 rings (SSSR count). The zero-order valence-electron chi connectivity index (χ0n) is 10.1. The molecule has 19 heavy (non-hydrogen) atoms. The molecule has 0 amide bonds. The first-order chi connectivity index (χ1) is 9.06. The number of hydrogen-bond acceptors (Lipinski definition) is 4. The molecular formula is C15H13O4-. The zero-order chi connectivity index (χ0) is 13.9. The van der Waals surface area contributed by atoms with Crippen LogP contribution in [0.4, 0.5) is 0 Å². The molecule has 2 atom stereocenters. The number of aliphatic hydroxyl groups excluding tert-OH is 1. The van der Waals surface area contributed by atoms with Crippen LogP contribution in [0.15, 0.2) is 60.7 Å². The maximum Gasteiger partial charge on any atom is 0.159 e. The number of aliphatic hydroxyl groups is 2. The van der Waals surface area contributed by atoms with Gasteiger partial charge in [-0.1, -0.05) is 60.7 Å². The fourth-order valence-electron chi connectivity index (χ4n) is 1.96. The number of carboxylic acids is 1. The molecule has 98 valence electrons. The molecule has 0 bridgehead atoms. The SMILES string of the molecule is O=C([O-])[C@@](O)(c1ccccc1)[C@@H](O)c1ccccc1. The summed E-state index contributed by atoms with van der Waals surface area (Å²) >= 11 is 0. The van der Waals surface area contributed by atoms with Gasteiger partial charge in [-0.3, -0.25) is 0 Å². The summed E-state index contributed by atoms with van der Waals surface area (Å²) < 4.78 is 0. The van der Waals surface area contributed by atoms with Gasteiger partial charge in [-0.2, -0.15) is 0 Å². The fraction of sp³-hybridized carbons (Fsp3) is 0.133. The Labute approximate surface area is 110 Å². The van der Waals surface area contributed by atoms with Crippen LogP contribution in [0.1, 0.15) is 17.2 Å². The molecule has 0 aliphatic rings. The van der Waals surface area contributed by atoms with Crippen LogP contribution in [-0.4, -0.2) is 16.2 Å². The van der Waals surface area contributed by atoms with Gasteiger partial charge in [0.05, 0.1) is 5.97 Å².